The van der Waals surface area contributed by atoms with Gasteiger partial charge in [-0.1, -0.05) is 12.8 Å². The van der Waals surface area contributed by atoms with Crippen molar-refractivity contribution in [3.63, 3.8) is 0 Å². The molecule has 1 heterocycles. The van der Waals surface area contributed by atoms with Crippen LogP contribution in [0.1, 0.15) is 32.6 Å². The van der Waals surface area contributed by atoms with Gasteiger partial charge in [-0.3, -0.25) is 9.67 Å². The van der Waals surface area contributed by atoms with Crippen LogP contribution in [0.3, 0.4) is 0 Å². The molecule has 4 heteroatoms. The van der Waals surface area contributed by atoms with E-state index in [0.717, 1.165) is 12.4 Å². The SMILES string of the molecule is CC(Cn1cccn1)N=C(N)C1CCCC1. The summed E-state index contributed by atoms with van der Waals surface area (Å²) in [5.74, 6) is 1.37. The lowest BCUT2D eigenvalue weighted by atomic mass is 10.1. The Morgan fingerprint density at radius 3 is 2.94 bits per heavy atom. The first-order valence-electron chi connectivity index (χ1n) is 6.06. The Bertz CT molecular complexity index is 336. The molecule has 1 atom stereocenters. The number of rotatable bonds is 4. The third-order valence-corrected chi connectivity index (χ3v) is 3.15. The van der Waals surface area contributed by atoms with Crippen molar-refractivity contribution in [2.75, 3.05) is 0 Å². The topological polar surface area (TPSA) is 56.2 Å². The van der Waals surface area contributed by atoms with Crippen molar-refractivity contribution >= 4 is 5.84 Å². The molecule has 2 rings (SSSR count). The van der Waals surface area contributed by atoms with Gasteiger partial charge in [-0.25, -0.2) is 0 Å². The predicted molar refractivity (Wildman–Crippen MR) is 65.3 cm³/mol. The van der Waals surface area contributed by atoms with Gasteiger partial charge >= 0.3 is 0 Å². The first-order valence-corrected chi connectivity index (χ1v) is 6.06. The number of nitrogens with zero attached hydrogens (tertiary/aromatic N) is 3. The fourth-order valence-corrected chi connectivity index (χ4v) is 2.30. The Hall–Kier alpha value is -1.32. The molecule has 1 aliphatic rings. The second-order valence-corrected chi connectivity index (χ2v) is 4.61. The van der Waals surface area contributed by atoms with Gasteiger partial charge in [-0.05, 0) is 25.8 Å². The zero-order valence-corrected chi connectivity index (χ0v) is 9.84. The van der Waals surface area contributed by atoms with Crippen molar-refractivity contribution in [3.8, 4) is 0 Å². The smallest absolute Gasteiger partial charge is 0.0972 e. The molecule has 1 fully saturated rings. The van der Waals surface area contributed by atoms with Gasteiger partial charge in [0.05, 0.1) is 18.4 Å². The van der Waals surface area contributed by atoms with E-state index in [4.69, 9.17) is 5.73 Å². The first kappa shape index (κ1) is 11.2. The van der Waals surface area contributed by atoms with Gasteiger partial charge in [0.25, 0.3) is 0 Å². The molecule has 0 radical (unpaired) electrons. The van der Waals surface area contributed by atoms with Crippen LogP contribution in [0, 0.1) is 5.92 Å². The van der Waals surface area contributed by atoms with Crippen LogP contribution in [0.5, 0.6) is 0 Å². The van der Waals surface area contributed by atoms with Gasteiger partial charge in [0.1, 0.15) is 0 Å². The molecule has 1 unspecified atom stereocenters. The lowest BCUT2D eigenvalue weighted by Gasteiger charge is -2.12. The van der Waals surface area contributed by atoms with E-state index in [9.17, 15) is 0 Å². The molecule has 0 aliphatic heterocycles. The van der Waals surface area contributed by atoms with E-state index in [0.29, 0.717) is 5.92 Å². The molecule has 88 valence electrons. The van der Waals surface area contributed by atoms with Crippen LogP contribution in [0.2, 0.25) is 0 Å². The largest absolute Gasteiger partial charge is 0.387 e. The number of aliphatic imine (C=N–C) groups is 1. The molecule has 0 bridgehead atoms. The Labute approximate surface area is 96.6 Å². The summed E-state index contributed by atoms with van der Waals surface area (Å²) in [4.78, 5) is 4.57. The number of nitrogens with two attached hydrogens (primary N) is 1. The Morgan fingerprint density at radius 1 is 1.56 bits per heavy atom. The average molecular weight is 220 g/mol. The lowest BCUT2D eigenvalue weighted by Crippen LogP contribution is -2.25. The minimum Gasteiger partial charge on any atom is -0.387 e. The van der Waals surface area contributed by atoms with Crippen LogP contribution >= 0.6 is 0 Å². The van der Waals surface area contributed by atoms with Crippen LogP contribution in [-0.2, 0) is 6.54 Å². The van der Waals surface area contributed by atoms with Crippen LogP contribution in [-0.4, -0.2) is 21.7 Å². The van der Waals surface area contributed by atoms with E-state index >= 15 is 0 Å². The predicted octanol–water partition coefficient (Wildman–Crippen LogP) is 1.82. The number of amidine groups is 1. The quantitative estimate of drug-likeness (QED) is 0.621. The zero-order chi connectivity index (χ0) is 11.4. The van der Waals surface area contributed by atoms with Gasteiger partial charge in [-0.2, -0.15) is 5.10 Å². The summed E-state index contributed by atoms with van der Waals surface area (Å²) < 4.78 is 1.90. The zero-order valence-electron chi connectivity index (χ0n) is 9.84. The molecule has 2 N–H and O–H groups in total. The Morgan fingerprint density at radius 2 is 2.31 bits per heavy atom. The minimum absolute atomic E-state index is 0.209. The van der Waals surface area contributed by atoms with Crippen LogP contribution < -0.4 is 5.73 Å². The fourth-order valence-electron chi connectivity index (χ4n) is 2.30. The van der Waals surface area contributed by atoms with E-state index < -0.39 is 0 Å². The molecule has 4 nitrogen and oxygen atoms in total. The molecule has 1 aromatic rings. The molecule has 16 heavy (non-hydrogen) atoms. The van der Waals surface area contributed by atoms with Gasteiger partial charge in [-0.15, -0.1) is 0 Å². The first-order chi connectivity index (χ1) is 7.75. The summed E-state index contributed by atoms with van der Waals surface area (Å²) in [6.07, 6.45) is 8.77. The molecule has 1 saturated carbocycles. The highest BCUT2D eigenvalue weighted by molar-refractivity contribution is 5.83. The standard InChI is InChI=1S/C12H20N4/c1-10(9-16-8-4-7-14-16)15-12(13)11-5-2-3-6-11/h4,7-8,10-11H,2-3,5-6,9H2,1H3,(H2,13,15). The van der Waals surface area contributed by atoms with E-state index in [1.807, 2.05) is 16.9 Å². The normalized spacial score (nSPS) is 20.2. The molecule has 0 spiro atoms. The maximum absolute atomic E-state index is 6.03. The second-order valence-electron chi connectivity index (χ2n) is 4.61. The van der Waals surface area contributed by atoms with Gasteiger partial charge in [0, 0.05) is 18.3 Å². The van der Waals surface area contributed by atoms with Gasteiger partial charge in [0.15, 0.2) is 0 Å². The molecule has 1 aromatic heterocycles. The van der Waals surface area contributed by atoms with Crippen LogP contribution in [0.25, 0.3) is 0 Å². The van der Waals surface area contributed by atoms with Crippen molar-refractivity contribution < 1.29 is 0 Å². The molecule has 0 saturated heterocycles. The maximum Gasteiger partial charge on any atom is 0.0972 e. The van der Waals surface area contributed by atoms with Crippen molar-refractivity contribution in [2.24, 2.45) is 16.6 Å². The second kappa shape index (κ2) is 5.14. The highest BCUT2D eigenvalue weighted by Gasteiger charge is 2.19. The minimum atomic E-state index is 0.209. The molecular weight excluding hydrogens is 200 g/mol. The number of hydrogen-bond donors (Lipinski definition) is 1. The Kier molecular flexibility index (Phi) is 3.59. The third-order valence-electron chi connectivity index (χ3n) is 3.15. The molecular formula is C12H20N4. The van der Waals surface area contributed by atoms with E-state index in [-0.39, 0.29) is 6.04 Å². The summed E-state index contributed by atoms with van der Waals surface area (Å²) >= 11 is 0. The van der Waals surface area contributed by atoms with E-state index in [1.165, 1.54) is 25.7 Å². The highest BCUT2D eigenvalue weighted by Crippen LogP contribution is 2.24. The Balaban J connectivity index is 1.89. The fraction of sp³-hybridized carbons (Fsp3) is 0.667. The molecule has 0 amide bonds. The van der Waals surface area contributed by atoms with Crippen molar-refractivity contribution in [1.82, 2.24) is 9.78 Å². The van der Waals surface area contributed by atoms with Crippen LogP contribution in [0.4, 0.5) is 0 Å². The monoisotopic (exact) mass is 220 g/mol. The van der Waals surface area contributed by atoms with Gasteiger partial charge < -0.3 is 5.73 Å². The summed E-state index contributed by atoms with van der Waals surface area (Å²) in [7, 11) is 0. The van der Waals surface area contributed by atoms with Crippen molar-refractivity contribution in [2.45, 2.75) is 45.2 Å². The van der Waals surface area contributed by atoms with E-state index in [1.54, 1.807) is 6.20 Å². The number of aromatic nitrogens is 2. The highest BCUT2D eigenvalue weighted by atomic mass is 15.3. The van der Waals surface area contributed by atoms with Crippen molar-refractivity contribution in [1.29, 1.82) is 0 Å². The van der Waals surface area contributed by atoms with E-state index in [2.05, 4.69) is 17.0 Å². The van der Waals surface area contributed by atoms with Gasteiger partial charge in [0.2, 0.25) is 0 Å². The summed E-state index contributed by atoms with van der Waals surface area (Å²) in [6, 6.07) is 2.14. The number of hydrogen-bond acceptors (Lipinski definition) is 2. The molecule has 0 aromatic carbocycles. The summed E-state index contributed by atoms with van der Waals surface area (Å²) in [5, 5.41) is 4.17. The summed E-state index contributed by atoms with van der Waals surface area (Å²) in [5.41, 5.74) is 6.03. The van der Waals surface area contributed by atoms with Crippen LogP contribution in [0.15, 0.2) is 23.5 Å². The summed E-state index contributed by atoms with van der Waals surface area (Å²) in [6.45, 7) is 2.89. The third kappa shape index (κ3) is 2.84. The molecule has 1 aliphatic carbocycles. The lowest BCUT2D eigenvalue weighted by molar-refractivity contribution is 0.535. The average Bonchev–Trinajstić information content (AvgIpc) is 2.88. The van der Waals surface area contributed by atoms with Crippen molar-refractivity contribution in [3.05, 3.63) is 18.5 Å². The maximum atomic E-state index is 6.03.